The van der Waals surface area contributed by atoms with Crippen LogP contribution in [0.4, 0.5) is 0 Å². The van der Waals surface area contributed by atoms with Gasteiger partial charge in [0, 0.05) is 11.6 Å². The number of hydrazone groups is 1. The molecule has 0 saturated heterocycles. The lowest BCUT2D eigenvalue weighted by Crippen LogP contribution is -2.17. The molecule has 2 aromatic rings. The summed E-state index contributed by atoms with van der Waals surface area (Å²) in [5.41, 5.74) is 2.67. The zero-order valence-corrected chi connectivity index (χ0v) is 14.5. The second kappa shape index (κ2) is 7.69. The quantitative estimate of drug-likeness (QED) is 0.534. The number of carbonyl (C=O) groups excluding carboxylic acids is 1. The summed E-state index contributed by atoms with van der Waals surface area (Å²) in [7, 11) is 2.95. The summed E-state index contributed by atoms with van der Waals surface area (Å²) in [5, 5.41) is 23.5. The summed E-state index contributed by atoms with van der Waals surface area (Å²) in [6.07, 6.45) is 1.26. The molecule has 0 fully saturated rings. The molecule has 0 atom stereocenters. The van der Waals surface area contributed by atoms with Crippen molar-refractivity contribution in [2.75, 3.05) is 14.2 Å². The average Bonchev–Trinajstić information content (AvgIpc) is 2.57. The molecule has 1 amide bonds. The van der Waals surface area contributed by atoms with Gasteiger partial charge in [-0.2, -0.15) is 5.10 Å². The summed E-state index contributed by atoms with van der Waals surface area (Å²) < 4.78 is 10.5. The van der Waals surface area contributed by atoms with Gasteiger partial charge in [-0.05, 0) is 40.2 Å². The van der Waals surface area contributed by atoms with Gasteiger partial charge >= 0.3 is 0 Å². The summed E-state index contributed by atoms with van der Waals surface area (Å²) in [6, 6.07) is 7.44. The van der Waals surface area contributed by atoms with Gasteiger partial charge in [0.15, 0.2) is 0 Å². The molecule has 0 bridgehead atoms. The molecular formula is C16H15BrN2O5. The van der Waals surface area contributed by atoms with Gasteiger partial charge in [0.25, 0.3) is 5.91 Å². The van der Waals surface area contributed by atoms with E-state index in [1.807, 2.05) is 0 Å². The predicted octanol–water partition coefficient (Wildman–Crippen LogP) is 2.64. The van der Waals surface area contributed by atoms with E-state index in [1.54, 1.807) is 18.2 Å². The summed E-state index contributed by atoms with van der Waals surface area (Å²) in [4.78, 5) is 12.0. The Morgan fingerprint density at radius 1 is 1.17 bits per heavy atom. The first-order chi connectivity index (χ1) is 11.5. The number of hydrogen-bond donors (Lipinski definition) is 3. The van der Waals surface area contributed by atoms with Crippen LogP contribution >= 0.6 is 15.9 Å². The number of aromatic hydroxyl groups is 2. The maximum atomic E-state index is 12.0. The smallest absolute Gasteiger partial charge is 0.275 e. The maximum absolute atomic E-state index is 12.0. The average molecular weight is 395 g/mol. The van der Waals surface area contributed by atoms with Crippen LogP contribution in [0.5, 0.6) is 23.0 Å². The predicted molar refractivity (Wildman–Crippen MR) is 92.1 cm³/mol. The van der Waals surface area contributed by atoms with E-state index >= 15 is 0 Å². The Kier molecular flexibility index (Phi) is 5.64. The van der Waals surface area contributed by atoms with Crippen LogP contribution in [0.25, 0.3) is 0 Å². The Morgan fingerprint density at radius 3 is 2.50 bits per heavy atom. The fraction of sp³-hybridized carbons (Fsp3) is 0.125. The van der Waals surface area contributed by atoms with Crippen molar-refractivity contribution in [2.24, 2.45) is 5.10 Å². The van der Waals surface area contributed by atoms with E-state index in [-0.39, 0.29) is 17.1 Å². The van der Waals surface area contributed by atoms with Crippen molar-refractivity contribution < 1.29 is 24.5 Å². The molecule has 0 aliphatic carbocycles. The van der Waals surface area contributed by atoms with Crippen molar-refractivity contribution in [3.63, 3.8) is 0 Å². The lowest BCUT2D eigenvalue weighted by atomic mass is 10.2. The Bertz CT molecular complexity index is 792. The van der Waals surface area contributed by atoms with E-state index in [2.05, 4.69) is 26.5 Å². The molecule has 7 nitrogen and oxygen atoms in total. The van der Waals surface area contributed by atoms with Crippen molar-refractivity contribution in [2.45, 2.75) is 0 Å². The highest BCUT2D eigenvalue weighted by Crippen LogP contribution is 2.31. The van der Waals surface area contributed by atoms with Gasteiger partial charge in [0.2, 0.25) is 0 Å². The molecule has 0 aliphatic heterocycles. The van der Waals surface area contributed by atoms with Crippen LogP contribution in [0.2, 0.25) is 0 Å². The molecule has 0 aliphatic rings. The van der Waals surface area contributed by atoms with E-state index < -0.39 is 5.91 Å². The number of carbonyl (C=O) groups is 1. The molecular weight excluding hydrogens is 380 g/mol. The van der Waals surface area contributed by atoms with Gasteiger partial charge in [-0.3, -0.25) is 4.79 Å². The minimum Gasteiger partial charge on any atom is -0.507 e. The van der Waals surface area contributed by atoms with E-state index in [4.69, 9.17) is 9.47 Å². The zero-order chi connectivity index (χ0) is 17.7. The summed E-state index contributed by atoms with van der Waals surface area (Å²) in [6.45, 7) is 0. The Balaban J connectivity index is 2.14. The Labute approximate surface area is 146 Å². The SMILES string of the molecule is COc1ccc(C(=O)N/N=C\c2cc(OC)cc(Br)c2O)c(O)c1. The van der Waals surface area contributed by atoms with Crippen molar-refractivity contribution in [3.05, 3.63) is 45.9 Å². The van der Waals surface area contributed by atoms with Gasteiger partial charge in [-0.15, -0.1) is 0 Å². The second-order valence-electron chi connectivity index (χ2n) is 4.63. The zero-order valence-electron chi connectivity index (χ0n) is 12.9. The van der Waals surface area contributed by atoms with Gasteiger partial charge in [-0.25, -0.2) is 5.43 Å². The first kappa shape index (κ1) is 17.6. The number of hydrogen-bond acceptors (Lipinski definition) is 6. The van der Waals surface area contributed by atoms with Crippen molar-refractivity contribution >= 4 is 28.1 Å². The molecule has 8 heteroatoms. The first-order valence-corrected chi connectivity index (χ1v) is 7.52. The molecule has 0 aromatic heterocycles. The molecule has 0 saturated carbocycles. The molecule has 0 heterocycles. The molecule has 24 heavy (non-hydrogen) atoms. The molecule has 0 radical (unpaired) electrons. The van der Waals surface area contributed by atoms with Crippen molar-refractivity contribution in [1.29, 1.82) is 0 Å². The lowest BCUT2D eigenvalue weighted by Gasteiger charge is -2.07. The third-order valence-corrected chi connectivity index (χ3v) is 3.73. The van der Waals surface area contributed by atoms with E-state index in [9.17, 15) is 15.0 Å². The fourth-order valence-electron chi connectivity index (χ4n) is 1.86. The highest BCUT2D eigenvalue weighted by molar-refractivity contribution is 9.10. The molecule has 0 spiro atoms. The van der Waals surface area contributed by atoms with E-state index in [0.717, 1.165) is 0 Å². The molecule has 126 valence electrons. The number of rotatable bonds is 5. The number of phenols is 2. The number of benzene rings is 2. The van der Waals surface area contributed by atoms with Gasteiger partial charge < -0.3 is 19.7 Å². The number of methoxy groups -OCH3 is 2. The van der Waals surface area contributed by atoms with Gasteiger partial charge in [-0.1, -0.05) is 0 Å². The van der Waals surface area contributed by atoms with Crippen LogP contribution in [0, 0.1) is 0 Å². The number of ether oxygens (including phenoxy) is 2. The fourth-order valence-corrected chi connectivity index (χ4v) is 2.32. The largest absolute Gasteiger partial charge is 0.507 e. The van der Waals surface area contributed by atoms with E-state index in [0.29, 0.717) is 21.5 Å². The summed E-state index contributed by atoms with van der Waals surface area (Å²) >= 11 is 3.19. The highest BCUT2D eigenvalue weighted by Gasteiger charge is 2.11. The highest BCUT2D eigenvalue weighted by atomic mass is 79.9. The standard InChI is InChI=1S/C16H15BrN2O5/c1-23-10-3-4-12(14(20)7-10)16(22)19-18-8-9-5-11(24-2)6-13(17)15(9)21/h3-8,20-21H,1-2H3,(H,19,22)/b18-8-. The third kappa shape index (κ3) is 3.96. The van der Waals surface area contributed by atoms with Crippen LogP contribution < -0.4 is 14.9 Å². The van der Waals surface area contributed by atoms with Crippen LogP contribution in [-0.2, 0) is 0 Å². The van der Waals surface area contributed by atoms with Crippen LogP contribution in [0.15, 0.2) is 39.9 Å². The van der Waals surface area contributed by atoms with Crippen LogP contribution in [0.1, 0.15) is 15.9 Å². The second-order valence-corrected chi connectivity index (χ2v) is 5.48. The number of phenolic OH excluding ortho intramolecular Hbond substituents is 2. The number of nitrogens with zero attached hydrogens (tertiary/aromatic N) is 1. The monoisotopic (exact) mass is 394 g/mol. The number of nitrogens with one attached hydrogen (secondary N) is 1. The van der Waals surface area contributed by atoms with Crippen LogP contribution in [-0.4, -0.2) is 36.6 Å². The lowest BCUT2D eigenvalue weighted by molar-refractivity contribution is 0.0952. The summed E-state index contributed by atoms with van der Waals surface area (Å²) in [5.74, 6) is 0.0712. The van der Waals surface area contributed by atoms with E-state index in [1.165, 1.54) is 32.6 Å². The molecule has 0 unspecified atom stereocenters. The third-order valence-electron chi connectivity index (χ3n) is 3.12. The molecule has 2 aromatic carbocycles. The molecule has 3 N–H and O–H groups in total. The number of halogens is 1. The van der Waals surface area contributed by atoms with Crippen molar-refractivity contribution in [1.82, 2.24) is 5.43 Å². The first-order valence-electron chi connectivity index (χ1n) is 6.73. The molecule has 2 rings (SSSR count). The van der Waals surface area contributed by atoms with Gasteiger partial charge in [0.05, 0.1) is 30.5 Å². The van der Waals surface area contributed by atoms with Crippen LogP contribution in [0.3, 0.4) is 0 Å². The number of amides is 1. The maximum Gasteiger partial charge on any atom is 0.275 e. The van der Waals surface area contributed by atoms with Gasteiger partial charge in [0.1, 0.15) is 23.0 Å². The minimum absolute atomic E-state index is 0.0407. The normalized spacial score (nSPS) is 10.6. The minimum atomic E-state index is -0.604. The Hall–Kier alpha value is -2.74. The Morgan fingerprint density at radius 2 is 1.88 bits per heavy atom. The van der Waals surface area contributed by atoms with Crippen molar-refractivity contribution in [3.8, 4) is 23.0 Å². The topological polar surface area (TPSA) is 100 Å².